The molecule has 0 aromatic heterocycles. The van der Waals surface area contributed by atoms with E-state index >= 15 is 0 Å². The summed E-state index contributed by atoms with van der Waals surface area (Å²) >= 11 is 0. The summed E-state index contributed by atoms with van der Waals surface area (Å²) in [6.07, 6.45) is 1.17. The van der Waals surface area contributed by atoms with Crippen LogP contribution in [0.3, 0.4) is 0 Å². The fourth-order valence-corrected chi connectivity index (χ4v) is 2.01. The van der Waals surface area contributed by atoms with E-state index in [9.17, 15) is 8.42 Å². The van der Waals surface area contributed by atoms with Gasteiger partial charge in [-0.25, -0.2) is 8.42 Å². The molecular weight excluding hydrogens is 200 g/mol. The lowest BCUT2D eigenvalue weighted by Crippen LogP contribution is -2.20. The molecular formula is C9H14N2O2S. The second-order valence-electron chi connectivity index (χ2n) is 3.37. The monoisotopic (exact) mass is 214 g/mol. The first-order valence-corrected chi connectivity index (χ1v) is 6.23. The molecule has 0 spiro atoms. The van der Waals surface area contributed by atoms with Crippen LogP contribution in [0.25, 0.3) is 0 Å². The van der Waals surface area contributed by atoms with Gasteiger partial charge in [0, 0.05) is 18.0 Å². The highest BCUT2D eigenvalue weighted by Gasteiger charge is 2.12. The summed E-state index contributed by atoms with van der Waals surface area (Å²) < 4.78 is 22.0. The fourth-order valence-electron chi connectivity index (χ4n) is 1.17. The van der Waals surface area contributed by atoms with Crippen molar-refractivity contribution < 1.29 is 8.42 Å². The Morgan fingerprint density at radius 2 is 1.79 bits per heavy atom. The lowest BCUT2D eigenvalue weighted by atomic mass is 10.1. The van der Waals surface area contributed by atoms with E-state index in [1.165, 1.54) is 6.26 Å². The number of hydrogen-bond donors (Lipinski definition) is 2. The summed E-state index contributed by atoms with van der Waals surface area (Å²) in [5.74, 6) is -0.0447. The van der Waals surface area contributed by atoms with Gasteiger partial charge >= 0.3 is 0 Å². The minimum absolute atomic E-state index is 0.0447. The largest absolute Gasteiger partial charge is 0.399 e. The van der Waals surface area contributed by atoms with E-state index in [1.54, 1.807) is 24.3 Å². The first-order valence-electron chi connectivity index (χ1n) is 4.17. The molecule has 1 aromatic carbocycles. The van der Waals surface area contributed by atoms with Crippen molar-refractivity contribution in [2.24, 2.45) is 5.73 Å². The smallest absolute Gasteiger partial charge is 0.149 e. The maximum absolute atomic E-state index is 11.0. The number of rotatable bonds is 3. The summed E-state index contributed by atoms with van der Waals surface area (Å²) in [7, 11) is -3.04. The maximum atomic E-state index is 11.0. The van der Waals surface area contributed by atoms with Crippen LogP contribution in [0.15, 0.2) is 24.3 Å². The molecule has 0 aliphatic carbocycles. The Morgan fingerprint density at radius 3 is 2.21 bits per heavy atom. The second-order valence-corrected chi connectivity index (χ2v) is 5.55. The van der Waals surface area contributed by atoms with Gasteiger partial charge in [-0.15, -0.1) is 0 Å². The average Bonchev–Trinajstić information content (AvgIpc) is 2.02. The van der Waals surface area contributed by atoms with Crippen LogP contribution >= 0.6 is 0 Å². The molecule has 1 aromatic rings. The molecule has 1 rings (SSSR count). The SMILES string of the molecule is CS(=O)(=O)CC(N)c1ccc(N)cc1. The Balaban J connectivity index is 2.80. The van der Waals surface area contributed by atoms with Crippen LogP contribution in [0.5, 0.6) is 0 Å². The van der Waals surface area contributed by atoms with Gasteiger partial charge in [0.1, 0.15) is 9.84 Å². The van der Waals surface area contributed by atoms with Crippen LogP contribution in [0.2, 0.25) is 0 Å². The molecule has 0 bridgehead atoms. The van der Waals surface area contributed by atoms with Crippen LogP contribution in [0.1, 0.15) is 11.6 Å². The first kappa shape index (κ1) is 11.0. The van der Waals surface area contributed by atoms with Gasteiger partial charge in [-0.2, -0.15) is 0 Å². The standard InChI is InChI=1S/C9H14N2O2S/c1-14(12,13)6-9(11)7-2-4-8(10)5-3-7/h2-5,9H,6,10-11H2,1H3. The molecule has 0 aliphatic rings. The normalized spacial score (nSPS) is 13.9. The van der Waals surface area contributed by atoms with E-state index in [0.29, 0.717) is 5.69 Å². The highest BCUT2D eigenvalue weighted by atomic mass is 32.2. The molecule has 0 amide bonds. The zero-order valence-corrected chi connectivity index (χ0v) is 8.79. The van der Waals surface area contributed by atoms with Gasteiger partial charge in [0.2, 0.25) is 0 Å². The number of nitrogens with two attached hydrogens (primary N) is 2. The summed E-state index contributed by atoms with van der Waals surface area (Å²) in [5, 5.41) is 0. The highest BCUT2D eigenvalue weighted by Crippen LogP contribution is 2.13. The fraction of sp³-hybridized carbons (Fsp3) is 0.333. The molecule has 0 saturated carbocycles. The lowest BCUT2D eigenvalue weighted by Gasteiger charge is -2.10. The van der Waals surface area contributed by atoms with Crippen LogP contribution in [-0.4, -0.2) is 20.4 Å². The Labute approximate surface area is 83.8 Å². The third-order valence-electron chi connectivity index (χ3n) is 1.85. The van der Waals surface area contributed by atoms with Crippen molar-refractivity contribution in [3.63, 3.8) is 0 Å². The molecule has 14 heavy (non-hydrogen) atoms. The van der Waals surface area contributed by atoms with Gasteiger partial charge in [-0.1, -0.05) is 12.1 Å². The van der Waals surface area contributed by atoms with Crippen molar-refractivity contribution in [1.29, 1.82) is 0 Å². The Kier molecular flexibility index (Phi) is 3.13. The van der Waals surface area contributed by atoms with Crippen molar-refractivity contribution >= 4 is 15.5 Å². The van der Waals surface area contributed by atoms with Crippen molar-refractivity contribution in [2.75, 3.05) is 17.7 Å². The van der Waals surface area contributed by atoms with Crippen molar-refractivity contribution in [3.8, 4) is 0 Å². The topological polar surface area (TPSA) is 86.2 Å². The van der Waals surface area contributed by atoms with E-state index in [1.807, 2.05) is 0 Å². The Bertz CT molecular complexity index is 397. The lowest BCUT2D eigenvalue weighted by molar-refractivity contribution is 0.595. The molecule has 1 atom stereocenters. The van der Waals surface area contributed by atoms with Crippen molar-refractivity contribution in [2.45, 2.75) is 6.04 Å². The first-order chi connectivity index (χ1) is 6.38. The number of sulfone groups is 1. The van der Waals surface area contributed by atoms with E-state index in [-0.39, 0.29) is 5.75 Å². The zero-order chi connectivity index (χ0) is 10.8. The highest BCUT2D eigenvalue weighted by molar-refractivity contribution is 7.90. The summed E-state index contributed by atoms with van der Waals surface area (Å²) in [6, 6.07) is 6.41. The zero-order valence-electron chi connectivity index (χ0n) is 7.97. The molecule has 0 heterocycles. The third kappa shape index (κ3) is 3.35. The molecule has 0 saturated heterocycles. The van der Waals surface area contributed by atoms with E-state index in [2.05, 4.69) is 0 Å². The number of nitrogen functional groups attached to an aromatic ring is 1. The minimum atomic E-state index is -3.04. The molecule has 78 valence electrons. The van der Waals surface area contributed by atoms with Gasteiger partial charge < -0.3 is 11.5 Å². The molecule has 4 nitrogen and oxygen atoms in total. The Morgan fingerprint density at radius 1 is 1.29 bits per heavy atom. The van der Waals surface area contributed by atoms with Crippen LogP contribution in [0.4, 0.5) is 5.69 Å². The quantitative estimate of drug-likeness (QED) is 0.709. The summed E-state index contributed by atoms with van der Waals surface area (Å²) in [6.45, 7) is 0. The van der Waals surface area contributed by atoms with Crippen molar-refractivity contribution in [3.05, 3.63) is 29.8 Å². The van der Waals surface area contributed by atoms with E-state index in [4.69, 9.17) is 11.5 Å². The van der Waals surface area contributed by atoms with E-state index < -0.39 is 15.9 Å². The number of hydrogen-bond acceptors (Lipinski definition) is 4. The molecule has 0 fully saturated rings. The third-order valence-corrected chi connectivity index (χ3v) is 2.81. The van der Waals surface area contributed by atoms with Gasteiger partial charge in [0.25, 0.3) is 0 Å². The van der Waals surface area contributed by atoms with Crippen LogP contribution in [0, 0.1) is 0 Å². The number of anilines is 1. The van der Waals surface area contributed by atoms with E-state index in [0.717, 1.165) is 5.56 Å². The minimum Gasteiger partial charge on any atom is -0.399 e. The molecule has 0 radical (unpaired) electrons. The maximum Gasteiger partial charge on any atom is 0.149 e. The molecule has 1 unspecified atom stereocenters. The average molecular weight is 214 g/mol. The predicted octanol–water partition coefficient (Wildman–Crippen LogP) is 0.313. The Hall–Kier alpha value is -1.07. The van der Waals surface area contributed by atoms with Gasteiger partial charge in [0.05, 0.1) is 5.75 Å². The van der Waals surface area contributed by atoms with Crippen molar-refractivity contribution in [1.82, 2.24) is 0 Å². The molecule has 4 N–H and O–H groups in total. The van der Waals surface area contributed by atoms with Gasteiger partial charge in [-0.3, -0.25) is 0 Å². The second kappa shape index (κ2) is 3.98. The van der Waals surface area contributed by atoms with Gasteiger partial charge in [0.15, 0.2) is 0 Å². The molecule has 5 heteroatoms. The summed E-state index contributed by atoms with van der Waals surface area (Å²) in [5.41, 5.74) is 12.6. The van der Waals surface area contributed by atoms with Crippen LogP contribution < -0.4 is 11.5 Å². The molecule has 0 aliphatic heterocycles. The predicted molar refractivity (Wildman–Crippen MR) is 57.5 cm³/mol. The van der Waals surface area contributed by atoms with Gasteiger partial charge in [-0.05, 0) is 17.7 Å². The van der Waals surface area contributed by atoms with Crippen LogP contribution in [-0.2, 0) is 9.84 Å². The summed E-state index contributed by atoms with van der Waals surface area (Å²) in [4.78, 5) is 0. The number of benzene rings is 1.